The number of ether oxygens (including phenoxy) is 2. The molecule has 0 radical (unpaired) electrons. The molecule has 0 saturated carbocycles. The highest BCUT2D eigenvalue weighted by molar-refractivity contribution is 7.09. The highest BCUT2D eigenvalue weighted by Crippen LogP contribution is 2.26. The second-order valence-corrected chi connectivity index (χ2v) is 5.98. The summed E-state index contributed by atoms with van der Waals surface area (Å²) in [5, 5.41) is 32.8. The molecule has 2 heterocycles. The van der Waals surface area contributed by atoms with Crippen molar-refractivity contribution in [3.05, 3.63) is 5.82 Å². The third-order valence-corrected chi connectivity index (χ3v) is 4.02. The number of aliphatic hydroxyl groups excluding tert-OH is 3. The van der Waals surface area contributed by atoms with E-state index in [1.54, 1.807) is 0 Å². The Labute approximate surface area is 126 Å². The largest absolute Gasteiger partial charge is 0.394 e. The van der Waals surface area contributed by atoms with Gasteiger partial charge in [-0.1, -0.05) is 13.8 Å². The first-order valence-corrected chi connectivity index (χ1v) is 7.50. The molecule has 0 spiro atoms. The molecule has 1 aliphatic rings. The van der Waals surface area contributed by atoms with Crippen LogP contribution >= 0.6 is 11.5 Å². The Kier molecular flexibility index (Phi) is 5.47. The minimum absolute atomic E-state index is 0.201. The van der Waals surface area contributed by atoms with Crippen molar-refractivity contribution < 1.29 is 24.8 Å². The van der Waals surface area contributed by atoms with Crippen LogP contribution < -0.4 is 5.32 Å². The van der Waals surface area contributed by atoms with Crippen LogP contribution in [-0.2, 0) is 9.47 Å². The van der Waals surface area contributed by atoms with E-state index in [0.717, 1.165) is 0 Å². The molecule has 21 heavy (non-hydrogen) atoms. The molecule has 1 fully saturated rings. The number of nitrogens with one attached hydrogen (secondary N) is 1. The number of hydrogen-bond acceptors (Lipinski definition) is 9. The molecule has 0 unspecified atom stereocenters. The summed E-state index contributed by atoms with van der Waals surface area (Å²) in [5.41, 5.74) is 0. The second-order valence-electron chi connectivity index (χ2n) is 5.22. The maximum atomic E-state index is 10.2. The van der Waals surface area contributed by atoms with E-state index in [9.17, 15) is 10.2 Å². The lowest BCUT2D eigenvalue weighted by atomic mass is 9.97. The van der Waals surface area contributed by atoms with Crippen LogP contribution in [0.4, 0.5) is 5.13 Å². The van der Waals surface area contributed by atoms with Gasteiger partial charge in [0.2, 0.25) is 5.13 Å². The van der Waals surface area contributed by atoms with Gasteiger partial charge in [0.25, 0.3) is 0 Å². The molecule has 5 atom stereocenters. The van der Waals surface area contributed by atoms with Crippen LogP contribution in [-0.4, -0.2) is 69.0 Å². The summed E-state index contributed by atoms with van der Waals surface area (Å²) in [7, 11) is 1.43. The zero-order chi connectivity index (χ0) is 15.6. The number of hydrogen-bond donors (Lipinski definition) is 4. The van der Waals surface area contributed by atoms with Crippen LogP contribution in [0.25, 0.3) is 0 Å². The van der Waals surface area contributed by atoms with Crippen molar-refractivity contribution in [2.24, 2.45) is 0 Å². The number of aromatic nitrogens is 2. The molecule has 0 aromatic carbocycles. The third kappa shape index (κ3) is 3.50. The van der Waals surface area contributed by atoms with Crippen LogP contribution in [0.15, 0.2) is 0 Å². The third-order valence-electron chi connectivity index (χ3n) is 3.36. The molecule has 0 bridgehead atoms. The standard InChI is InChI=1S/C12H21N3O5S/c1-5(2)10-14-12(21-15-10)13-7-9(18)8(17)6(4-16)20-11(7)19-3/h5-9,11,16-18H,4H2,1-3H3,(H,13,14,15)/t6-,7-,8+,9-,11+/m1/s1. The van der Waals surface area contributed by atoms with E-state index in [1.807, 2.05) is 13.8 Å². The van der Waals surface area contributed by atoms with E-state index < -0.39 is 37.3 Å². The first-order chi connectivity index (χ1) is 9.97. The van der Waals surface area contributed by atoms with E-state index in [0.29, 0.717) is 11.0 Å². The Hall–Kier alpha value is -0.840. The molecule has 120 valence electrons. The number of rotatable bonds is 5. The van der Waals surface area contributed by atoms with E-state index >= 15 is 0 Å². The van der Waals surface area contributed by atoms with E-state index in [1.165, 1.54) is 18.6 Å². The molecule has 1 aromatic heterocycles. The van der Waals surface area contributed by atoms with Crippen molar-refractivity contribution in [1.29, 1.82) is 0 Å². The topological polar surface area (TPSA) is 117 Å². The number of methoxy groups -OCH3 is 1. The fourth-order valence-electron chi connectivity index (χ4n) is 2.11. The SMILES string of the molecule is CO[C@H]1O[C@H](CO)[C@H](O)[C@H](O)[C@H]1Nc1nc(C(C)C)ns1. The summed E-state index contributed by atoms with van der Waals surface area (Å²) in [6, 6.07) is -0.708. The average molecular weight is 319 g/mol. The van der Waals surface area contributed by atoms with Crippen molar-refractivity contribution in [2.75, 3.05) is 19.0 Å². The summed E-state index contributed by atoms with van der Waals surface area (Å²) < 4.78 is 14.8. The van der Waals surface area contributed by atoms with Gasteiger partial charge in [0.05, 0.1) is 6.61 Å². The zero-order valence-corrected chi connectivity index (χ0v) is 12.9. The van der Waals surface area contributed by atoms with Gasteiger partial charge in [0.1, 0.15) is 30.2 Å². The van der Waals surface area contributed by atoms with Crippen LogP contribution in [0, 0.1) is 0 Å². The normalized spacial score (nSPS) is 33.4. The predicted octanol–water partition coefficient (Wildman–Crippen LogP) is -0.473. The summed E-state index contributed by atoms with van der Waals surface area (Å²) in [6.07, 6.45) is -4.07. The van der Waals surface area contributed by atoms with Gasteiger partial charge in [-0.2, -0.15) is 4.37 Å². The lowest BCUT2D eigenvalue weighted by Crippen LogP contribution is -2.61. The number of aliphatic hydroxyl groups is 3. The van der Waals surface area contributed by atoms with Gasteiger partial charge in [0.15, 0.2) is 6.29 Å². The molecule has 1 saturated heterocycles. The number of anilines is 1. The Morgan fingerprint density at radius 2 is 2.10 bits per heavy atom. The maximum Gasteiger partial charge on any atom is 0.203 e. The predicted molar refractivity (Wildman–Crippen MR) is 76.2 cm³/mol. The molecule has 1 aliphatic heterocycles. The van der Waals surface area contributed by atoms with Crippen molar-refractivity contribution >= 4 is 16.7 Å². The Balaban J connectivity index is 2.12. The summed E-state index contributed by atoms with van der Waals surface area (Å²) in [5.74, 6) is 0.906. The molecular weight excluding hydrogens is 298 g/mol. The highest BCUT2D eigenvalue weighted by atomic mass is 32.1. The zero-order valence-electron chi connectivity index (χ0n) is 12.1. The van der Waals surface area contributed by atoms with Gasteiger partial charge in [0, 0.05) is 24.6 Å². The molecule has 2 rings (SSSR count). The fraction of sp³-hybridized carbons (Fsp3) is 0.833. The van der Waals surface area contributed by atoms with Crippen molar-refractivity contribution in [3.63, 3.8) is 0 Å². The molecule has 0 amide bonds. The average Bonchev–Trinajstić information content (AvgIpc) is 2.93. The summed E-state index contributed by atoms with van der Waals surface area (Å²) in [4.78, 5) is 4.31. The van der Waals surface area contributed by atoms with E-state index in [4.69, 9.17) is 14.6 Å². The molecule has 1 aromatic rings. The molecule has 0 aliphatic carbocycles. The van der Waals surface area contributed by atoms with Gasteiger partial charge in [-0.05, 0) is 0 Å². The van der Waals surface area contributed by atoms with Gasteiger partial charge in [-0.25, -0.2) is 4.98 Å². The Morgan fingerprint density at radius 1 is 1.38 bits per heavy atom. The first kappa shape index (κ1) is 16.5. The van der Waals surface area contributed by atoms with Crippen LogP contribution in [0.1, 0.15) is 25.6 Å². The van der Waals surface area contributed by atoms with Gasteiger partial charge < -0.3 is 30.1 Å². The van der Waals surface area contributed by atoms with E-state index in [-0.39, 0.29) is 5.92 Å². The monoisotopic (exact) mass is 319 g/mol. The molecular formula is C12H21N3O5S. The summed E-state index contributed by atoms with van der Waals surface area (Å²) in [6.45, 7) is 3.57. The summed E-state index contributed by atoms with van der Waals surface area (Å²) >= 11 is 1.17. The molecule has 8 nitrogen and oxygen atoms in total. The lowest BCUT2D eigenvalue weighted by Gasteiger charge is -2.41. The van der Waals surface area contributed by atoms with Crippen LogP contribution in [0.3, 0.4) is 0 Å². The first-order valence-electron chi connectivity index (χ1n) is 6.73. The van der Waals surface area contributed by atoms with Crippen LogP contribution in [0.2, 0.25) is 0 Å². The Bertz CT molecular complexity index is 456. The van der Waals surface area contributed by atoms with Crippen molar-refractivity contribution in [3.8, 4) is 0 Å². The molecule has 4 N–H and O–H groups in total. The maximum absolute atomic E-state index is 10.2. The molecule has 9 heteroatoms. The lowest BCUT2D eigenvalue weighted by molar-refractivity contribution is -0.254. The second kappa shape index (κ2) is 6.95. The smallest absolute Gasteiger partial charge is 0.203 e. The van der Waals surface area contributed by atoms with Crippen molar-refractivity contribution in [1.82, 2.24) is 9.36 Å². The number of nitrogens with zero attached hydrogens (tertiary/aromatic N) is 2. The Morgan fingerprint density at radius 3 is 2.62 bits per heavy atom. The fourth-order valence-corrected chi connectivity index (χ4v) is 2.86. The quantitative estimate of drug-likeness (QED) is 0.575. The van der Waals surface area contributed by atoms with Crippen LogP contribution in [0.5, 0.6) is 0 Å². The van der Waals surface area contributed by atoms with E-state index in [2.05, 4.69) is 14.7 Å². The van der Waals surface area contributed by atoms with Gasteiger partial charge >= 0.3 is 0 Å². The minimum Gasteiger partial charge on any atom is -0.394 e. The minimum atomic E-state index is -1.21. The van der Waals surface area contributed by atoms with Crippen molar-refractivity contribution in [2.45, 2.75) is 50.4 Å². The van der Waals surface area contributed by atoms with Gasteiger partial charge in [-0.3, -0.25) is 0 Å². The van der Waals surface area contributed by atoms with Gasteiger partial charge in [-0.15, -0.1) is 0 Å². The highest BCUT2D eigenvalue weighted by Gasteiger charge is 2.44.